The molecular weight excluding hydrogens is 326 g/mol. The smallest absolute Gasteiger partial charge is 0.235 e. The van der Waals surface area contributed by atoms with E-state index in [-0.39, 0.29) is 17.9 Å². The van der Waals surface area contributed by atoms with Gasteiger partial charge >= 0.3 is 0 Å². The molecule has 3 rings (SSSR count). The molecule has 0 aliphatic heterocycles. The van der Waals surface area contributed by atoms with E-state index < -0.39 is 11.2 Å². The van der Waals surface area contributed by atoms with Crippen molar-refractivity contribution >= 4 is 16.7 Å². The van der Waals surface area contributed by atoms with E-state index in [9.17, 15) is 9.90 Å². The maximum atomic E-state index is 12.4. The van der Waals surface area contributed by atoms with Crippen molar-refractivity contribution in [2.45, 2.75) is 0 Å². The van der Waals surface area contributed by atoms with Gasteiger partial charge in [0.2, 0.25) is 11.2 Å². The van der Waals surface area contributed by atoms with Crippen LogP contribution < -0.4 is 20.6 Å². The van der Waals surface area contributed by atoms with Crippen molar-refractivity contribution in [3.63, 3.8) is 0 Å². The third kappa shape index (κ3) is 3.09. The van der Waals surface area contributed by atoms with Crippen molar-refractivity contribution in [1.29, 1.82) is 0 Å². The van der Waals surface area contributed by atoms with Crippen LogP contribution in [0.3, 0.4) is 0 Å². The Morgan fingerprint density at radius 1 is 1.12 bits per heavy atom. The van der Waals surface area contributed by atoms with E-state index in [4.69, 9.17) is 24.4 Å². The van der Waals surface area contributed by atoms with Crippen molar-refractivity contribution in [3.05, 3.63) is 46.6 Å². The highest BCUT2D eigenvalue weighted by atomic mass is 16.7. The third-order valence-corrected chi connectivity index (χ3v) is 3.65. The van der Waals surface area contributed by atoms with Gasteiger partial charge in [-0.25, -0.2) is 0 Å². The molecule has 0 aliphatic rings. The Morgan fingerprint density at radius 3 is 2.64 bits per heavy atom. The second-order valence-corrected chi connectivity index (χ2v) is 5.28. The van der Waals surface area contributed by atoms with Gasteiger partial charge in [0.15, 0.2) is 24.1 Å². The van der Waals surface area contributed by atoms with Crippen LogP contribution in [0.15, 0.2) is 45.6 Å². The fourth-order valence-electron chi connectivity index (χ4n) is 2.45. The number of methoxy groups -OCH3 is 2. The van der Waals surface area contributed by atoms with Gasteiger partial charge in [-0.2, -0.15) is 0 Å². The highest BCUT2D eigenvalue weighted by Gasteiger charge is 2.17. The molecule has 0 spiro atoms. The quantitative estimate of drug-likeness (QED) is 0.542. The van der Waals surface area contributed by atoms with Crippen molar-refractivity contribution in [2.75, 3.05) is 26.7 Å². The first-order valence-electron chi connectivity index (χ1n) is 7.40. The van der Waals surface area contributed by atoms with Crippen molar-refractivity contribution in [1.82, 2.24) is 0 Å². The predicted molar refractivity (Wildman–Crippen MR) is 93.1 cm³/mol. The number of nitrogens with two attached hydrogens (primary N) is 1. The first-order valence-corrected chi connectivity index (χ1v) is 7.40. The molecule has 0 aliphatic carbocycles. The van der Waals surface area contributed by atoms with Crippen molar-refractivity contribution in [2.24, 2.45) is 0 Å². The zero-order chi connectivity index (χ0) is 18.0. The molecule has 7 heteroatoms. The number of hydrogen-bond acceptors (Lipinski definition) is 7. The molecule has 0 unspecified atom stereocenters. The molecule has 0 saturated heterocycles. The minimum absolute atomic E-state index is 0.0406. The zero-order valence-corrected chi connectivity index (χ0v) is 13.7. The number of hydrogen-bond donors (Lipinski definition) is 2. The standard InChI is InChI=1S/C18H17NO6/c1-22-9-24-14-5-3-10(7-15(14)23-2)18-17(21)16(20)12-8-11(19)4-6-13(12)25-18/h3-8,21H,9,19H2,1-2H3. The Morgan fingerprint density at radius 2 is 1.92 bits per heavy atom. The summed E-state index contributed by atoms with van der Waals surface area (Å²) < 4.78 is 21.2. The van der Waals surface area contributed by atoms with E-state index in [1.54, 1.807) is 30.3 Å². The molecule has 0 amide bonds. The molecule has 130 valence electrons. The van der Waals surface area contributed by atoms with E-state index in [0.717, 1.165) is 0 Å². The van der Waals surface area contributed by atoms with Crippen LogP contribution in [0, 0.1) is 0 Å². The predicted octanol–water partition coefficient (Wildman–Crippen LogP) is 2.74. The number of nitrogen functional groups attached to an aromatic ring is 1. The van der Waals surface area contributed by atoms with Crippen LogP contribution in [0.5, 0.6) is 17.2 Å². The normalized spacial score (nSPS) is 10.8. The lowest BCUT2D eigenvalue weighted by Crippen LogP contribution is -2.04. The topological polar surface area (TPSA) is 104 Å². The lowest BCUT2D eigenvalue weighted by Gasteiger charge is -2.12. The van der Waals surface area contributed by atoms with Crippen LogP contribution in [-0.2, 0) is 4.74 Å². The van der Waals surface area contributed by atoms with E-state index in [0.29, 0.717) is 28.3 Å². The van der Waals surface area contributed by atoms with Crippen LogP contribution in [0.1, 0.15) is 0 Å². The Kier molecular flexibility index (Phi) is 4.49. The number of fused-ring (bicyclic) bond motifs is 1. The first kappa shape index (κ1) is 16.7. The highest BCUT2D eigenvalue weighted by Crippen LogP contribution is 2.36. The molecule has 7 nitrogen and oxygen atoms in total. The number of anilines is 1. The zero-order valence-electron chi connectivity index (χ0n) is 13.7. The summed E-state index contributed by atoms with van der Waals surface area (Å²) in [4.78, 5) is 12.4. The molecule has 0 bridgehead atoms. The van der Waals surface area contributed by atoms with Gasteiger partial charge in [0, 0.05) is 18.4 Å². The number of benzene rings is 2. The summed E-state index contributed by atoms with van der Waals surface area (Å²) in [6, 6.07) is 9.56. The number of aromatic hydroxyl groups is 1. The Hall–Kier alpha value is -3.19. The largest absolute Gasteiger partial charge is 0.502 e. The summed E-state index contributed by atoms with van der Waals surface area (Å²) in [6.07, 6.45) is 0. The third-order valence-electron chi connectivity index (χ3n) is 3.65. The minimum Gasteiger partial charge on any atom is -0.502 e. The molecule has 0 fully saturated rings. The van der Waals surface area contributed by atoms with Gasteiger partial charge in [-0.05, 0) is 36.4 Å². The van der Waals surface area contributed by atoms with Gasteiger partial charge in [-0.1, -0.05) is 0 Å². The fourth-order valence-corrected chi connectivity index (χ4v) is 2.45. The van der Waals surface area contributed by atoms with E-state index in [1.807, 2.05) is 0 Å². The summed E-state index contributed by atoms with van der Waals surface area (Å²) in [6.45, 7) is 0.0629. The lowest BCUT2D eigenvalue weighted by atomic mass is 10.1. The molecular formula is C18H17NO6. The summed E-state index contributed by atoms with van der Waals surface area (Å²) in [5.41, 5.74) is 6.33. The SMILES string of the molecule is COCOc1ccc(-c2oc3ccc(N)cc3c(=O)c2O)cc1OC. The maximum absolute atomic E-state index is 12.4. The van der Waals surface area contributed by atoms with Crippen LogP contribution >= 0.6 is 0 Å². The average Bonchev–Trinajstić information content (AvgIpc) is 2.63. The van der Waals surface area contributed by atoms with Crippen LogP contribution in [-0.4, -0.2) is 26.1 Å². The average molecular weight is 343 g/mol. The fraction of sp³-hybridized carbons (Fsp3) is 0.167. The number of rotatable bonds is 5. The summed E-state index contributed by atoms with van der Waals surface area (Å²) in [5, 5.41) is 10.5. The monoisotopic (exact) mass is 343 g/mol. The molecule has 0 saturated carbocycles. The molecule has 3 aromatic rings. The van der Waals surface area contributed by atoms with Gasteiger partial charge in [-0.15, -0.1) is 0 Å². The Labute approximate surface area is 143 Å². The second kappa shape index (κ2) is 6.74. The van der Waals surface area contributed by atoms with Gasteiger partial charge in [0.1, 0.15) is 5.58 Å². The molecule has 25 heavy (non-hydrogen) atoms. The maximum Gasteiger partial charge on any atom is 0.235 e. The van der Waals surface area contributed by atoms with Gasteiger partial charge in [-0.3, -0.25) is 4.79 Å². The lowest BCUT2D eigenvalue weighted by molar-refractivity contribution is 0.0492. The van der Waals surface area contributed by atoms with Crippen LogP contribution in [0.4, 0.5) is 5.69 Å². The second-order valence-electron chi connectivity index (χ2n) is 5.28. The summed E-state index contributed by atoms with van der Waals surface area (Å²) in [7, 11) is 2.99. The van der Waals surface area contributed by atoms with Gasteiger partial charge in [0.25, 0.3) is 0 Å². The molecule has 0 atom stereocenters. The van der Waals surface area contributed by atoms with Crippen LogP contribution in [0.2, 0.25) is 0 Å². The van der Waals surface area contributed by atoms with E-state index >= 15 is 0 Å². The van der Waals surface area contributed by atoms with Crippen molar-refractivity contribution in [3.8, 4) is 28.6 Å². The molecule has 0 radical (unpaired) electrons. The van der Waals surface area contributed by atoms with Gasteiger partial charge in [0.05, 0.1) is 12.5 Å². The first-order chi connectivity index (χ1) is 12.0. The highest BCUT2D eigenvalue weighted by molar-refractivity contribution is 5.84. The Bertz CT molecular complexity index is 979. The van der Waals surface area contributed by atoms with E-state index in [1.165, 1.54) is 20.3 Å². The molecule has 3 N–H and O–H groups in total. The molecule has 1 aromatic heterocycles. The van der Waals surface area contributed by atoms with Crippen LogP contribution in [0.25, 0.3) is 22.3 Å². The minimum atomic E-state index is -0.553. The van der Waals surface area contributed by atoms with Gasteiger partial charge < -0.3 is 29.5 Å². The van der Waals surface area contributed by atoms with E-state index in [2.05, 4.69) is 0 Å². The Balaban J connectivity index is 2.14. The molecule has 2 aromatic carbocycles. The summed E-state index contributed by atoms with van der Waals surface area (Å²) in [5.74, 6) is 0.419. The molecule has 1 heterocycles. The summed E-state index contributed by atoms with van der Waals surface area (Å²) >= 11 is 0. The number of ether oxygens (including phenoxy) is 3. The van der Waals surface area contributed by atoms with Crippen molar-refractivity contribution < 1.29 is 23.7 Å².